The summed E-state index contributed by atoms with van der Waals surface area (Å²) in [5, 5.41) is 8.83. The Morgan fingerprint density at radius 3 is 2.94 bits per heavy atom. The van der Waals surface area contributed by atoms with Gasteiger partial charge in [0.1, 0.15) is 0 Å². The highest BCUT2D eigenvalue weighted by Gasteiger charge is 2.13. The van der Waals surface area contributed by atoms with Gasteiger partial charge in [0.05, 0.1) is 12.2 Å². The Hall–Kier alpha value is -1.82. The van der Waals surface area contributed by atoms with Crippen molar-refractivity contribution in [1.29, 1.82) is 0 Å². The van der Waals surface area contributed by atoms with Crippen molar-refractivity contribution in [3.63, 3.8) is 0 Å². The fourth-order valence-corrected chi connectivity index (χ4v) is 2.36. The summed E-state index contributed by atoms with van der Waals surface area (Å²) in [6.07, 6.45) is 1.62. The number of aryl methyl sites for hydroxylation is 2. The van der Waals surface area contributed by atoms with Crippen LogP contribution in [0.25, 0.3) is 0 Å². The fourth-order valence-electron chi connectivity index (χ4n) is 1.51. The SMILES string of the molecule is Cc1ccsc1CNC(=O)c1nn(C)cc1N. The first-order valence-electron chi connectivity index (χ1n) is 5.18. The molecule has 0 spiro atoms. The summed E-state index contributed by atoms with van der Waals surface area (Å²) in [6.45, 7) is 2.53. The molecule has 0 saturated heterocycles. The van der Waals surface area contributed by atoms with Crippen LogP contribution in [0.3, 0.4) is 0 Å². The van der Waals surface area contributed by atoms with Crippen molar-refractivity contribution >= 4 is 22.9 Å². The Kier molecular flexibility index (Phi) is 3.14. The molecule has 90 valence electrons. The van der Waals surface area contributed by atoms with Crippen molar-refractivity contribution in [2.75, 3.05) is 5.73 Å². The van der Waals surface area contributed by atoms with Crippen LogP contribution < -0.4 is 11.1 Å². The molecule has 0 aliphatic heterocycles. The molecule has 0 bridgehead atoms. The summed E-state index contributed by atoms with van der Waals surface area (Å²) in [5.74, 6) is -0.240. The maximum atomic E-state index is 11.8. The summed E-state index contributed by atoms with van der Waals surface area (Å²) in [6, 6.07) is 2.03. The van der Waals surface area contributed by atoms with Crippen molar-refractivity contribution < 1.29 is 4.79 Å². The second-order valence-corrected chi connectivity index (χ2v) is 4.82. The largest absolute Gasteiger partial charge is 0.396 e. The van der Waals surface area contributed by atoms with E-state index in [4.69, 9.17) is 5.73 Å². The molecule has 6 heteroatoms. The summed E-state index contributed by atoms with van der Waals surface area (Å²) in [5.41, 5.74) is 7.54. The molecule has 0 saturated carbocycles. The Labute approximate surface area is 103 Å². The lowest BCUT2D eigenvalue weighted by Gasteiger charge is -2.02. The molecule has 0 atom stereocenters. The Morgan fingerprint density at radius 1 is 1.65 bits per heavy atom. The minimum Gasteiger partial charge on any atom is -0.396 e. The number of thiophene rings is 1. The van der Waals surface area contributed by atoms with E-state index in [-0.39, 0.29) is 11.6 Å². The Bertz CT molecular complexity index is 543. The zero-order chi connectivity index (χ0) is 12.4. The number of hydrogen-bond donors (Lipinski definition) is 2. The minimum atomic E-state index is -0.240. The Morgan fingerprint density at radius 2 is 2.41 bits per heavy atom. The van der Waals surface area contributed by atoms with Crippen LogP contribution in [-0.2, 0) is 13.6 Å². The summed E-state index contributed by atoms with van der Waals surface area (Å²) < 4.78 is 1.53. The predicted molar refractivity (Wildman–Crippen MR) is 67.8 cm³/mol. The minimum absolute atomic E-state index is 0.240. The lowest BCUT2D eigenvalue weighted by Crippen LogP contribution is -2.24. The molecule has 2 aromatic rings. The third-order valence-electron chi connectivity index (χ3n) is 2.45. The van der Waals surface area contributed by atoms with Crippen LogP contribution in [-0.4, -0.2) is 15.7 Å². The first-order chi connectivity index (χ1) is 8.08. The first-order valence-corrected chi connectivity index (χ1v) is 6.06. The quantitative estimate of drug-likeness (QED) is 0.862. The van der Waals surface area contributed by atoms with E-state index >= 15 is 0 Å². The van der Waals surface area contributed by atoms with Gasteiger partial charge in [-0.15, -0.1) is 11.3 Å². The van der Waals surface area contributed by atoms with Crippen LogP contribution in [0.1, 0.15) is 20.9 Å². The number of carbonyl (C=O) groups excluding carboxylic acids is 1. The van der Waals surface area contributed by atoms with Gasteiger partial charge in [-0.25, -0.2) is 0 Å². The van der Waals surface area contributed by atoms with E-state index < -0.39 is 0 Å². The summed E-state index contributed by atoms with van der Waals surface area (Å²) in [7, 11) is 1.73. The fraction of sp³-hybridized carbons (Fsp3) is 0.273. The maximum Gasteiger partial charge on any atom is 0.274 e. The van der Waals surface area contributed by atoms with Crippen LogP contribution in [0.15, 0.2) is 17.6 Å². The number of hydrogen-bond acceptors (Lipinski definition) is 4. The van der Waals surface area contributed by atoms with Crippen LogP contribution in [0.2, 0.25) is 0 Å². The maximum absolute atomic E-state index is 11.8. The second kappa shape index (κ2) is 4.58. The normalized spacial score (nSPS) is 10.5. The standard InChI is InChI=1S/C11H14N4OS/c1-7-3-4-17-9(7)5-13-11(16)10-8(12)6-15(2)14-10/h3-4,6H,5,12H2,1-2H3,(H,13,16). The average molecular weight is 250 g/mol. The lowest BCUT2D eigenvalue weighted by atomic mass is 10.3. The number of rotatable bonds is 3. The molecule has 0 fully saturated rings. The first kappa shape index (κ1) is 11.7. The number of carbonyl (C=O) groups is 1. The van der Waals surface area contributed by atoms with E-state index in [0.717, 1.165) is 4.88 Å². The smallest absolute Gasteiger partial charge is 0.274 e. The van der Waals surface area contributed by atoms with E-state index in [1.165, 1.54) is 10.2 Å². The van der Waals surface area contributed by atoms with Crippen LogP contribution in [0.4, 0.5) is 5.69 Å². The molecule has 1 amide bonds. The number of nitrogens with two attached hydrogens (primary N) is 1. The van der Waals surface area contributed by atoms with E-state index in [2.05, 4.69) is 10.4 Å². The van der Waals surface area contributed by atoms with Crippen molar-refractivity contribution in [3.8, 4) is 0 Å². The summed E-state index contributed by atoms with van der Waals surface area (Å²) >= 11 is 1.62. The number of nitrogens with one attached hydrogen (secondary N) is 1. The predicted octanol–water partition coefficient (Wildman–Crippen LogP) is 1.30. The number of aromatic nitrogens is 2. The van der Waals surface area contributed by atoms with Crippen LogP contribution in [0.5, 0.6) is 0 Å². The highest BCUT2D eigenvalue weighted by atomic mass is 32.1. The van der Waals surface area contributed by atoms with Gasteiger partial charge in [-0.2, -0.15) is 5.10 Å². The van der Waals surface area contributed by atoms with Gasteiger partial charge in [-0.3, -0.25) is 9.48 Å². The van der Waals surface area contributed by atoms with Gasteiger partial charge in [-0.1, -0.05) is 0 Å². The van der Waals surface area contributed by atoms with Gasteiger partial charge in [-0.05, 0) is 23.9 Å². The molecular formula is C11H14N4OS. The molecular weight excluding hydrogens is 236 g/mol. The summed E-state index contributed by atoms with van der Waals surface area (Å²) in [4.78, 5) is 13.0. The molecule has 17 heavy (non-hydrogen) atoms. The van der Waals surface area contributed by atoms with Crippen molar-refractivity contribution in [2.24, 2.45) is 7.05 Å². The Balaban J connectivity index is 2.03. The molecule has 0 aliphatic rings. The molecule has 5 nitrogen and oxygen atoms in total. The highest BCUT2D eigenvalue weighted by molar-refractivity contribution is 7.10. The van der Waals surface area contributed by atoms with E-state index in [9.17, 15) is 4.79 Å². The molecule has 3 N–H and O–H groups in total. The number of amides is 1. The molecule has 2 aromatic heterocycles. The van der Waals surface area contributed by atoms with Crippen molar-refractivity contribution in [3.05, 3.63) is 33.8 Å². The van der Waals surface area contributed by atoms with Gasteiger partial charge in [0.25, 0.3) is 5.91 Å². The number of nitrogen functional groups attached to an aromatic ring is 1. The number of nitrogens with zero attached hydrogens (tertiary/aromatic N) is 2. The molecule has 0 radical (unpaired) electrons. The molecule has 0 aliphatic carbocycles. The average Bonchev–Trinajstić information content (AvgIpc) is 2.81. The molecule has 2 heterocycles. The molecule has 0 aromatic carbocycles. The van der Waals surface area contributed by atoms with Crippen LogP contribution in [0, 0.1) is 6.92 Å². The molecule has 2 rings (SSSR count). The van der Waals surface area contributed by atoms with E-state index in [0.29, 0.717) is 12.2 Å². The number of anilines is 1. The molecule has 0 unspecified atom stereocenters. The van der Waals surface area contributed by atoms with Crippen molar-refractivity contribution in [2.45, 2.75) is 13.5 Å². The van der Waals surface area contributed by atoms with Gasteiger partial charge in [0.2, 0.25) is 0 Å². The van der Waals surface area contributed by atoms with Gasteiger partial charge >= 0.3 is 0 Å². The van der Waals surface area contributed by atoms with Gasteiger partial charge < -0.3 is 11.1 Å². The topological polar surface area (TPSA) is 72.9 Å². The lowest BCUT2D eigenvalue weighted by molar-refractivity contribution is 0.0946. The van der Waals surface area contributed by atoms with Crippen LogP contribution >= 0.6 is 11.3 Å². The zero-order valence-corrected chi connectivity index (χ0v) is 10.5. The zero-order valence-electron chi connectivity index (χ0n) is 9.73. The second-order valence-electron chi connectivity index (χ2n) is 3.82. The third-order valence-corrected chi connectivity index (χ3v) is 3.47. The highest BCUT2D eigenvalue weighted by Crippen LogP contribution is 2.15. The van der Waals surface area contributed by atoms with Crippen molar-refractivity contribution in [1.82, 2.24) is 15.1 Å². The monoisotopic (exact) mass is 250 g/mol. The van der Waals surface area contributed by atoms with Gasteiger partial charge in [0.15, 0.2) is 5.69 Å². The van der Waals surface area contributed by atoms with Gasteiger partial charge in [0, 0.05) is 18.1 Å². The van der Waals surface area contributed by atoms with E-state index in [1.807, 2.05) is 18.4 Å². The third kappa shape index (κ3) is 2.47. The van der Waals surface area contributed by atoms with E-state index in [1.54, 1.807) is 24.6 Å².